The number of esters is 1. The van der Waals surface area contributed by atoms with E-state index in [1.54, 1.807) is 25.2 Å². The van der Waals surface area contributed by atoms with Crippen LogP contribution in [0.2, 0.25) is 0 Å². The summed E-state index contributed by atoms with van der Waals surface area (Å²) in [6, 6.07) is 5.16. The molecular formula is C21H26N6O5. The molecule has 0 spiro atoms. The van der Waals surface area contributed by atoms with Gasteiger partial charge in [0.1, 0.15) is 11.3 Å². The second-order valence-corrected chi connectivity index (χ2v) is 7.64. The van der Waals surface area contributed by atoms with Crippen molar-refractivity contribution in [1.29, 1.82) is 0 Å². The van der Waals surface area contributed by atoms with Crippen LogP contribution in [0.1, 0.15) is 15.9 Å². The number of carbonyl (C=O) groups excluding carboxylic acids is 1. The Bertz CT molecular complexity index is 1300. The monoisotopic (exact) mass is 442 g/mol. The first-order valence-electron chi connectivity index (χ1n) is 10.2. The molecule has 1 fully saturated rings. The quantitative estimate of drug-likeness (QED) is 0.536. The summed E-state index contributed by atoms with van der Waals surface area (Å²) in [7, 11) is 5.86. The fraction of sp³-hybridized carbons (Fsp3) is 0.429. The first-order valence-corrected chi connectivity index (χ1v) is 10.2. The molecule has 3 heterocycles. The normalized spacial score (nSPS) is 14.1. The SMILES string of the molecule is COC(=O)c1ccc(Cn2c(N3CCNCC3)nc3c2c(=O)n(C)c(=O)n3C)cc1OC. The Balaban J connectivity index is 1.90. The van der Waals surface area contributed by atoms with Crippen molar-refractivity contribution in [2.45, 2.75) is 6.54 Å². The summed E-state index contributed by atoms with van der Waals surface area (Å²) < 4.78 is 14.5. The van der Waals surface area contributed by atoms with Crippen LogP contribution in [0.3, 0.4) is 0 Å². The van der Waals surface area contributed by atoms with Crippen molar-refractivity contribution < 1.29 is 14.3 Å². The van der Waals surface area contributed by atoms with E-state index in [2.05, 4.69) is 10.2 Å². The molecule has 1 aliphatic rings. The molecule has 0 unspecified atom stereocenters. The third kappa shape index (κ3) is 3.54. The van der Waals surface area contributed by atoms with Crippen LogP contribution in [0.25, 0.3) is 11.2 Å². The fourth-order valence-corrected chi connectivity index (χ4v) is 3.99. The molecule has 1 N–H and O–H groups in total. The van der Waals surface area contributed by atoms with Gasteiger partial charge >= 0.3 is 11.7 Å². The molecule has 0 amide bonds. The number of imidazole rings is 1. The van der Waals surface area contributed by atoms with Crippen LogP contribution in [-0.2, 0) is 25.4 Å². The predicted molar refractivity (Wildman–Crippen MR) is 119 cm³/mol. The number of nitrogens with one attached hydrogen (secondary N) is 1. The summed E-state index contributed by atoms with van der Waals surface area (Å²) in [5, 5.41) is 3.31. The van der Waals surface area contributed by atoms with Gasteiger partial charge < -0.3 is 19.7 Å². The van der Waals surface area contributed by atoms with Gasteiger partial charge in [-0.2, -0.15) is 4.98 Å². The summed E-state index contributed by atoms with van der Waals surface area (Å²) in [6.45, 7) is 3.34. The van der Waals surface area contributed by atoms with Gasteiger partial charge in [0, 0.05) is 40.3 Å². The maximum atomic E-state index is 13.1. The van der Waals surface area contributed by atoms with Crippen LogP contribution in [0, 0.1) is 0 Å². The third-order valence-electron chi connectivity index (χ3n) is 5.74. The number of benzene rings is 1. The topological polar surface area (TPSA) is 113 Å². The number of ether oxygens (including phenoxy) is 2. The number of piperazine rings is 1. The number of fused-ring (bicyclic) bond motifs is 1. The van der Waals surface area contributed by atoms with E-state index < -0.39 is 17.2 Å². The Kier molecular flexibility index (Phi) is 5.74. The van der Waals surface area contributed by atoms with Gasteiger partial charge in [-0.25, -0.2) is 9.59 Å². The number of methoxy groups -OCH3 is 2. The predicted octanol–water partition coefficient (Wildman–Crippen LogP) is -0.313. The van der Waals surface area contributed by atoms with E-state index in [4.69, 9.17) is 14.5 Å². The highest BCUT2D eigenvalue weighted by Gasteiger charge is 2.24. The van der Waals surface area contributed by atoms with Gasteiger partial charge in [0.2, 0.25) is 5.95 Å². The van der Waals surface area contributed by atoms with Gasteiger partial charge in [0.05, 0.1) is 20.8 Å². The van der Waals surface area contributed by atoms with E-state index in [0.29, 0.717) is 35.0 Å². The second kappa shape index (κ2) is 8.50. The number of nitrogens with zero attached hydrogens (tertiary/aromatic N) is 5. The molecule has 0 aliphatic carbocycles. The summed E-state index contributed by atoms with van der Waals surface area (Å²) >= 11 is 0. The van der Waals surface area contributed by atoms with Crippen LogP contribution < -0.4 is 26.2 Å². The largest absolute Gasteiger partial charge is 0.496 e. The average molecular weight is 442 g/mol. The Morgan fingerprint density at radius 2 is 1.84 bits per heavy atom. The van der Waals surface area contributed by atoms with Crippen molar-refractivity contribution in [3.05, 3.63) is 50.2 Å². The first kappa shape index (κ1) is 21.6. The zero-order valence-electron chi connectivity index (χ0n) is 18.5. The minimum absolute atomic E-state index is 0.307. The van der Waals surface area contributed by atoms with Crippen LogP contribution in [0.15, 0.2) is 27.8 Å². The van der Waals surface area contributed by atoms with Crippen molar-refractivity contribution in [1.82, 2.24) is 24.0 Å². The van der Waals surface area contributed by atoms with E-state index in [0.717, 1.165) is 36.3 Å². The van der Waals surface area contributed by atoms with Gasteiger partial charge in [-0.15, -0.1) is 0 Å². The zero-order valence-corrected chi connectivity index (χ0v) is 18.5. The summed E-state index contributed by atoms with van der Waals surface area (Å²) in [6.07, 6.45) is 0. The van der Waals surface area contributed by atoms with E-state index >= 15 is 0 Å². The van der Waals surface area contributed by atoms with Crippen LogP contribution in [0.5, 0.6) is 5.75 Å². The molecule has 0 bridgehead atoms. The van der Waals surface area contributed by atoms with Crippen molar-refractivity contribution in [2.75, 3.05) is 45.3 Å². The lowest BCUT2D eigenvalue weighted by molar-refractivity contribution is 0.0597. The van der Waals surface area contributed by atoms with Crippen molar-refractivity contribution in [2.24, 2.45) is 14.1 Å². The second-order valence-electron chi connectivity index (χ2n) is 7.64. The number of aromatic nitrogens is 4. The number of carbonyl (C=O) groups is 1. The molecule has 4 rings (SSSR count). The van der Waals surface area contributed by atoms with Gasteiger partial charge in [-0.3, -0.25) is 18.5 Å². The highest BCUT2D eigenvalue weighted by Crippen LogP contribution is 2.25. The Hall–Kier alpha value is -3.60. The van der Waals surface area contributed by atoms with Gasteiger partial charge in [-0.05, 0) is 17.7 Å². The molecule has 3 aromatic rings. The molecule has 0 radical (unpaired) electrons. The Morgan fingerprint density at radius 3 is 2.50 bits per heavy atom. The zero-order chi connectivity index (χ0) is 23.0. The van der Waals surface area contributed by atoms with Crippen LogP contribution >= 0.6 is 0 Å². The molecule has 0 saturated carbocycles. The van der Waals surface area contributed by atoms with Crippen molar-refractivity contribution in [3.8, 4) is 5.75 Å². The lowest BCUT2D eigenvalue weighted by Crippen LogP contribution is -2.44. The first-order chi connectivity index (χ1) is 15.4. The van der Waals surface area contributed by atoms with Gasteiger partial charge in [0.15, 0.2) is 11.2 Å². The van der Waals surface area contributed by atoms with Crippen LogP contribution in [0.4, 0.5) is 5.95 Å². The standard InChI is InChI=1S/C21H26N6O5/c1-24-17-16(18(28)25(2)21(24)30)27(20(23-17)26-9-7-22-8-10-26)12-13-5-6-14(19(29)32-4)15(11-13)31-3/h5-6,11,22H,7-10,12H2,1-4H3. The summed E-state index contributed by atoms with van der Waals surface area (Å²) in [4.78, 5) is 44.4. The number of aryl methyl sites for hydroxylation is 1. The third-order valence-corrected chi connectivity index (χ3v) is 5.74. The lowest BCUT2D eigenvalue weighted by Gasteiger charge is -2.28. The molecule has 170 valence electrons. The molecule has 1 aliphatic heterocycles. The van der Waals surface area contributed by atoms with E-state index in [9.17, 15) is 14.4 Å². The van der Waals surface area contributed by atoms with Crippen molar-refractivity contribution >= 4 is 23.1 Å². The van der Waals surface area contributed by atoms with E-state index in [1.807, 2.05) is 4.57 Å². The molecule has 1 aromatic carbocycles. The lowest BCUT2D eigenvalue weighted by atomic mass is 10.1. The maximum Gasteiger partial charge on any atom is 0.341 e. The molecule has 1 saturated heterocycles. The van der Waals surface area contributed by atoms with Gasteiger partial charge in [-0.1, -0.05) is 6.07 Å². The molecule has 11 heteroatoms. The minimum Gasteiger partial charge on any atom is -0.496 e. The van der Waals surface area contributed by atoms with Crippen molar-refractivity contribution in [3.63, 3.8) is 0 Å². The average Bonchev–Trinajstić information content (AvgIpc) is 3.20. The molecular weight excluding hydrogens is 416 g/mol. The molecule has 0 atom stereocenters. The Labute approximate surface area is 183 Å². The highest BCUT2D eigenvalue weighted by molar-refractivity contribution is 5.92. The number of rotatable bonds is 5. The van der Waals surface area contributed by atoms with Gasteiger partial charge in [0.25, 0.3) is 5.56 Å². The van der Waals surface area contributed by atoms with E-state index in [1.165, 1.54) is 25.8 Å². The van der Waals surface area contributed by atoms with E-state index in [-0.39, 0.29) is 0 Å². The van der Waals surface area contributed by atoms with Crippen LogP contribution in [-0.4, -0.2) is 65.1 Å². The fourth-order valence-electron chi connectivity index (χ4n) is 3.99. The molecule has 2 aromatic heterocycles. The number of anilines is 1. The molecule has 11 nitrogen and oxygen atoms in total. The number of hydrogen-bond donors (Lipinski definition) is 1. The molecule has 32 heavy (non-hydrogen) atoms. The Morgan fingerprint density at radius 1 is 1.12 bits per heavy atom. The summed E-state index contributed by atoms with van der Waals surface area (Å²) in [5.74, 6) is 0.505. The maximum absolute atomic E-state index is 13.1. The highest BCUT2D eigenvalue weighted by atomic mass is 16.5. The number of hydrogen-bond acceptors (Lipinski definition) is 8. The minimum atomic E-state index is -0.494. The smallest absolute Gasteiger partial charge is 0.341 e. The summed E-state index contributed by atoms with van der Waals surface area (Å²) in [5.41, 5.74) is 0.970.